The molecule has 1 aromatic heterocycles. The molecule has 3 rings (SSSR count). The van der Waals surface area contributed by atoms with Crippen LogP contribution in [0, 0.1) is 0 Å². The maximum atomic E-state index is 12.1. The number of ether oxygens (including phenoxy) is 3. The second kappa shape index (κ2) is 7.85. The average molecular weight is 358 g/mol. The summed E-state index contributed by atoms with van der Waals surface area (Å²) < 4.78 is 17.0. The molecule has 0 bridgehead atoms. The minimum absolute atomic E-state index is 0.152. The fraction of sp³-hybridized carbons (Fsp3) is 0.222. The Morgan fingerprint density at radius 1 is 1.12 bits per heavy atom. The van der Waals surface area contributed by atoms with Crippen LogP contribution in [-0.4, -0.2) is 31.7 Å². The molecule has 0 radical (unpaired) electrons. The first-order valence-corrected chi connectivity index (χ1v) is 8.51. The Bertz CT molecular complexity index is 878. The number of aromatic nitrogens is 1. The van der Waals surface area contributed by atoms with E-state index in [2.05, 4.69) is 10.3 Å². The van der Waals surface area contributed by atoms with Gasteiger partial charge in [-0.15, -0.1) is 0 Å². The second-order valence-corrected chi connectivity index (χ2v) is 6.18. The van der Waals surface area contributed by atoms with Gasteiger partial charge in [0.2, 0.25) is 5.91 Å². The number of nitrogens with one attached hydrogen (secondary N) is 1. The molecule has 2 aromatic carbocycles. The first kappa shape index (κ1) is 17.0. The summed E-state index contributed by atoms with van der Waals surface area (Å²) >= 11 is 1.41. The molecule has 1 amide bonds. The highest BCUT2D eigenvalue weighted by Crippen LogP contribution is 2.29. The maximum Gasteiger partial charge on any atom is 0.229 e. The first-order valence-electron chi connectivity index (χ1n) is 7.70. The lowest BCUT2D eigenvalue weighted by Gasteiger charge is -2.09. The summed E-state index contributed by atoms with van der Waals surface area (Å²) in [5.41, 5.74) is 0.825. The largest absolute Gasteiger partial charge is 0.497 e. The maximum absolute atomic E-state index is 12.1. The summed E-state index contributed by atoms with van der Waals surface area (Å²) in [6.45, 7) is 0.255. The topological polar surface area (TPSA) is 69.7 Å². The molecule has 130 valence electrons. The van der Waals surface area contributed by atoms with E-state index in [0.29, 0.717) is 16.6 Å². The fourth-order valence-corrected chi connectivity index (χ4v) is 3.17. The van der Waals surface area contributed by atoms with Gasteiger partial charge < -0.3 is 19.5 Å². The lowest BCUT2D eigenvalue weighted by atomic mass is 10.3. The van der Waals surface area contributed by atoms with Crippen LogP contribution in [0.25, 0.3) is 10.2 Å². The number of methoxy groups -OCH3 is 2. The van der Waals surface area contributed by atoms with E-state index in [1.807, 2.05) is 36.4 Å². The molecule has 0 fully saturated rings. The number of hydrogen-bond donors (Lipinski definition) is 1. The molecule has 3 aromatic rings. The van der Waals surface area contributed by atoms with Crippen LogP contribution in [0.1, 0.15) is 6.42 Å². The molecular weight excluding hydrogens is 340 g/mol. The van der Waals surface area contributed by atoms with E-state index < -0.39 is 0 Å². The van der Waals surface area contributed by atoms with Crippen LogP contribution in [0.5, 0.6) is 17.2 Å². The van der Waals surface area contributed by atoms with Gasteiger partial charge in [-0.25, -0.2) is 4.98 Å². The van der Waals surface area contributed by atoms with Gasteiger partial charge in [-0.1, -0.05) is 23.5 Å². The smallest absolute Gasteiger partial charge is 0.229 e. The molecular formula is C18H18N2O4S. The zero-order chi connectivity index (χ0) is 17.6. The zero-order valence-electron chi connectivity index (χ0n) is 13.9. The van der Waals surface area contributed by atoms with Crippen LogP contribution < -0.4 is 19.5 Å². The molecule has 0 saturated heterocycles. The van der Waals surface area contributed by atoms with Crippen molar-refractivity contribution >= 4 is 32.6 Å². The van der Waals surface area contributed by atoms with Crippen molar-refractivity contribution in [3.05, 3.63) is 42.5 Å². The minimum Gasteiger partial charge on any atom is -0.497 e. The number of benzene rings is 2. The van der Waals surface area contributed by atoms with Crippen molar-refractivity contribution in [3.63, 3.8) is 0 Å². The Hall–Kier alpha value is -2.80. The fourth-order valence-electron chi connectivity index (χ4n) is 2.26. The summed E-state index contributed by atoms with van der Waals surface area (Å²) in [7, 11) is 3.20. The highest BCUT2D eigenvalue weighted by molar-refractivity contribution is 7.22. The molecule has 25 heavy (non-hydrogen) atoms. The Morgan fingerprint density at radius 3 is 2.68 bits per heavy atom. The Balaban J connectivity index is 1.55. The lowest BCUT2D eigenvalue weighted by molar-refractivity contribution is -0.116. The van der Waals surface area contributed by atoms with Crippen LogP contribution in [0.3, 0.4) is 0 Å². The number of amides is 1. The highest BCUT2D eigenvalue weighted by Gasteiger charge is 2.10. The van der Waals surface area contributed by atoms with Crippen molar-refractivity contribution in [2.24, 2.45) is 0 Å². The summed E-state index contributed by atoms with van der Waals surface area (Å²) in [6, 6.07) is 12.9. The van der Waals surface area contributed by atoms with Crippen LogP contribution in [-0.2, 0) is 4.79 Å². The highest BCUT2D eigenvalue weighted by atomic mass is 32.1. The number of carbonyl (C=O) groups excluding carboxylic acids is 1. The van der Waals surface area contributed by atoms with Crippen molar-refractivity contribution in [2.45, 2.75) is 6.42 Å². The Labute approximate surface area is 149 Å². The van der Waals surface area contributed by atoms with Crippen molar-refractivity contribution < 1.29 is 19.0 Å². The first-order chi connectivity index (χ1) is 12.2. The van der Waals surface area contributed by atoms with Gasteiger partial charge in [-0.3, -0.25) is 4.79 Å². The number of thiazole rings is 1. The van der Waals surface area contributed by atoms with Gasteiger partial charge >= 0.3 is 0 Å². The molecule has 0 atom stereocenters. The molecule has 0 unspecified atom stereocenters. The second-order valence-electron chi connectivity index (χ2n) is 5.15. The third kappa shape index (κ3) is 4.19. The quantitative estimate of drug-likeness (QED) is 0.697. The number of rotatable bonds is 7. The normalized spacial score (nSPS) is 10.5. The van der Waals surface area contributed by atoms with E-state index in [9.17, 15) is 4.79 Å². The van der Waals surface area contributed by atoms with Gasteiger partial charge in [-0.05, 0) is 30.3 Å². The third-order valence-electron chi connectivity index (χ3n) is 3.50. The number of carbonyl (C=O) groups is 1. The van der Waals surface area contributed by atoms with Crippen molar-refractivity contribution in [2.75, 3.05) is 26.1 Å². The van der Waals surface area contributed by atoms with Crippen molar-refractivity contribution in [3.8, 4) is 17.2 Å². The number of nitrogens with zero attached hydrogens (tertiary/aromatic N) is 1. The SMILES string of the molecule is COc1ccc2nc(NC(=O)CCOc3ccccc3OC)sc2c1. The van der Waals surface area contributed by atoms with E-state index >= 15 is 0 Å². The van der Waals surface area contributed by atoms with E-state index in [4.69, 9.17) is 14.2 Å². The number of fused-ring (bicyclic) bond motifs is 1. The van der Waals surface area contributed by atoms with Crippen LogP contribution in [0.4, 0.5) is 5.13 Å². The molecule has 7 heteroatoms. The van der Waals surface area contributed by atoms with E-state index in [1.54, 1.807) is 20.3 Å². The number of para-hydroxylation sites is 2. The number of anilines is 1. The molecule has 0 aliphatic carbocycles. The van der Waals surface area contributed by atoms with E-state index in [-0.39, 0.29) is 18.9 Å². The molecule has 0 aliphatic heterocycles. The monoisotopic (exact) mass is 358 g/mol. The molecule has 0 spiro atoms. The van der Waals surface area contributed by atoms with Gasteiger partial charge in [0.15, 0.2) is 16.6 Å². The number of hydrogen-bond acceptors (Lipinski definition) is 6. The van der Waals surface area contributed by atoms with Crippen LogP contribution >= 0.6 is 11.3 Å². The van der Waals surface area contributed by atoms with E-state index in [1.165, 1.54) is 11.3 Å². The molecule has 0 aliphatic rings. The van der Waals surface area contributed by atoms with Crippen LogP contribution in [0.2, 0.25) is 0 Å². The Kier molecular flexibility index (Phi) is 5.35. The van der Waals surface area contributed by atoms with Crippen molar-refractivity contribution in [1.82, 2.24) is 4.98 Å². The standard InChI is InChI=1S/C18H18N2O4S/c1-22-12-7-8-13-16(11-12)25-18(19-13)20-17(21)9-10-24-15-6-4-3-5-14(15)23-2/h3-8,11H,9-10H2,1-2H3,(H,19,20,21). The molecule has 6 nitrogen and oxygen atoms in total. The van der Waals surface area contributed by atoms with Crippen LogP contribution in [0.15, 0.2) is 42.5 Å². The summed E-state index contributed by atoms with van der Waals surface area (Å²) in [5, 5.41) is 3.36. The minimum atomic E-state index is -0.152. The summed E-state index contributed by atoms with van der Waals surface area (Å²) in [4.78, 5) is 16.5. The van der Waals surface area contributed by atoms with Gasteiger partial charge in [-0.2, -0.15) is 0 Å². The van der Waals surface area contributed by atoms with E-state index in [0.717, 1.165) is 16.0 Å². The third-order valence-corrected chi connectivity index (χ3v) is 4.43. The predicted molar refractivity (Wildman–Crippen MR) is 97.9 cm³/mol. The molecule has 1 N–H and O–H groups in total. The zero-order valence-corrected chi connectivity index (χ0v) is 14.8. The van der Waals surface area contributed by atoms with Gasteiger partial charge in [0.25, 0.3) is 0 Å². The van der Waals surface area contributed by atoms with Gasteiger partial charge in [0.05, 0.1) is 37.5 Å². The average Bonchev–Trinajstić information content (AvgIpc) is 3.03. The summed E-state index contributed by atoms with van der Waals surface area (Å²) in [6.07, 6.45) is 0.220. The molecule has 0 saturated carbocycles. The Morgan fingerprint density at radius 2 is 1.92 bits per heavy atom. The van der Waals surface area contributed by atoms with Gasteiger partial charge in [0.1, 0.15) is 5.75 Å². The lowest BCUT2D eigenvalue weighted by Crippen LogP contribution is -2.15. The van der Waals surface area contributed by atoms with Crippen molar-refractivity contribution in [1.29, 1.82) is 0 Å². The summed E-state index contributed by atoms with van der Waals surface area (Å²) in [5.74, 6) is 1.87. The predicted octanol–water partition coefficient (Wildman–Crippen LogP) is 3.72. The molecule has 1 heterocycles. The van der Waals surface area contributed by atoms with Gasteiger partial charge in [0, 0.05) is 0 Å².